The highest BCUT2D eigenvalue weighted by molar-refractivity contribution is 9.13. The second-order valence-electron chi connectivity index (χ2n) is 4.81. The zero-order valence-electron chi connectivity index (χ0n) is 11.9. The monoisotopic (exact) mass is 401 g/mol. The summed E-state index contributed by atoms with van der Waals surface area (Å²) >= 11 is 6.74. The molecule has 0 saturated carbocycles. The van der Waals surface area contributed by atoms with Crippen molar-refractivity contribution >= 4 is 37.7 Å². The molecule has 2 rings (SSSR count). The van der Waals surface area contributed by atoms with E-state index in [1.165, 1.54) is 0 Å². The van der Waals surface area contributed by atoms with E-state index in [9.17, 15) is 0 Å². The van der Waals surface area contributed by atoms with Crippen molar-refractivity contribution in [2.45, 2.75) is 33.6 Å². The minimum atomic E-state index is 0.369. The summed E-state index contributed by atoms with van der Waals surface area (Å²) in [6, 6.07) is 1.86. The van der Waals surface area contributed by atoms with Crippen molar-refractivity contribution in [1.29, 1.82) is 0 Å². The molecule has 0 spiro atoms. The smallest absolute Gasteiger partial charge is 0.197 e. The van der Waals surface area contributed by atoms with Crippen molar-refractivity contribution in [3.8, 4) is 11.6 Å². The fourth-order valence-electron chi connectivity index (χ4n) is 2.14. The molecule has 1 N–H and O–H groups in total. The maximum atomic E-state index is 5.61. The fraction of sp³-hybridized carbons (Fsp3) is 0.429. The maximum Gasteiger partial charge on any atom is 0.197 e. The standard InChI is InChI=1S/C14H17Br2N3O/c1-5-17-14-11(7(2)3)8(4)18-13(19-14)10-6-9(15)12(16)20-10/h6-7H,5H2,1-4H3,(H,17,18,19). The van der Waals surface area contributed by atoms with Gasteiger partial charge in [-0.1, -0.05) is 13.8 Å². The number of furan rings is 1. The molecule has 0 amide bonds. The third-order valence-electron chi connectivity index (χ3n) is 2.92. The van der Waals surface area contributed by atoms with Crippen LogP contribution in [0.25, 0.3) is 11.6 Å². The van der Waals surface area contributed by atoms with Gasteiger partial charge in [-0.3, -0.25) is 0 Å². The number of aryl methyl sites for hydroxylation is 1. The summed E-state index contributed by atoms with van der Waals surface area (Å²) in [6.07, 6.45) is 0. The van der Waals surface area contributed by atoms with Crippen molar-refractivity contribution in [3.05, 3.63) is 26.5 Å². The van der Waals surface area contributed by atoms with Crippen LogP contribution in [-0.2, 0) is 0 Å². The molecule has 20 heavy (non-hydrogen) atoms. The van der Waals surface area contributed by atoms with Gasteiger partial charge < -0.3 is 9.73 Å². The minimum Gasteiger partial charge on any atom is -0.445 e. The normalized spacial score (nSPS) is 11.2. The van der Waals surface area contributed by atoms with Gasteiger partial charge in [0.2, 0.25) is 0 Å². The molecule has 0 fully saturated rings. The van der Waals surface area contributed by atoms with Gasteiger partial charge in [0.15, 0.2) is 16.3 Å². The van der Waals surface area contributed by atoms with Crippen LogP contribution < -0.4 is 5.32 Å². The van der Waals surface area contributed by atoms with E-state index >= 15 is 0 Å². The number of halogens is 2. The first-order valence-corrected chi connectivity index (χ1v) is 8.10. The third-order valence-corrected chi connectivity index (χ3v) is 4.63. The van der Waals surface area contributed by atoms with Crippen LogP contribution in [0.15, 0.2) is 19.6 Å². The van der Waals surface area contributed by atoms with Crippen molar-refractivity contribution < 1.29 is 4.42 Å². The van der Waals surface area contributed by atoms with Gasteiger partial charge in [0, 0.05) is 23.9 Å². The van der Waals surface area contributed by atoms with E-state index in [1.807, 2.05) is 13.0 Å². The lowest BCUT2D eigenvalue weighted by molar-refractivity contribution is 0.549. The highest BCUT2D eigenvalue weighted by atomic mass is 79.9. The Bertz CT molecular complexity index is 604. The Labute approximate surface area is 135 Å². The van der Waals surface area contributed by atoms with Crippen molar-refractivity contribution in [2.75, 3.05) is 11.9 Å². The van der Waals surface area contributed by atoms with E-state index < -0.39 is 0 Å². The number of aromatic nitrogens is 2. The molecule has 108 valence electrons. The van der Waals surface area contributed by atoms with Crippen LogP contribution in [0.2, 0.25) is 0 Å². The fourth-order valence-corrected chi connectivity index (χ4v) is 2.72. The molecule has 0 saturated heterocycles. The summed E-state index contributed by atoms with van der Waals surface area (Å²) in [7, 11) is 0. The zero-order chi connectivity index (χ0) is 14.9. The van der Waals surface area contributed by atoms with Crippen LogP contribution in [0.3, 0.4) is 0 Å². The number of nitrogens with one attached hydrogen (secondary N) is 1. The molecule has 0 aliphatic heterocycles. The number of hydrogen-bond donors (Lipinski definition) is 1. The molecular weight excluding hydrogens is 386 g/mol. The predicted molar refractivity (Wildman–Crippen MR) is 88.1 cm³/mol. The van der Waals surface area contributed by atoms with Gasteiger partial charge in [-0.25, -0.2) is 9.97 Å². The first-order chi connectivity index (χ1) is 9.43. The summed E-state index contributed by atoms with van der Waals surface area (Å²) in [6.45, 7) is 9.18. The molecule has 6 heteroatoms. The molecule has 2 aromatic rings. The summed E-state index contributed by atoms with van der Waals surface area (Å²) in [4.78, 5) is 9.19. The van der Waals surface area contributed by atoms with Gasteiger partial charge in [-0.05, 0) is 51.6 Å². The highest BCUT2D eigenvalue weighted by Crippen LogP contribution is 2.33. The van der Waals surface area contributed by atoms with Crippen molar-refractivity contribution in [2.24, 2.45) is 0 Å². The van der Waals surface area contributed by atoms with Crippen LogP contribution in [0.1, 0.15) is 37.9 Å². The zero-order valence-corrected chi connectivity index (χ0v) is 15.1. The van der Waals surface area contributed by atoms with E-state index in [4.69, 9.17) is 4.42 Å². The Hall–Kier alpha value is -0.880. The largest absolute Gasteiger partial charge is 0.445 e. The lowest BCUT2D eigenvalue weighted by Crippen LogP contribution is -2.09. The average molecular weight is 403 g/mol. The van der Waals surface area contributed by atoms with Crippen LogP contribution in [-0.4, -0.2) is 16.5 Å². The summed E-state index contributed by atoms with van der Waals surface area (Å²) < 4.78 is 7.10. The lowest BCUT2D eigenvalue weighted by atomic mass is 10.0. The van der Waals surface area contributed by atoms with E-state index in [0.29, 0.717) is 22.2 Å². The molecule has 0 aromatic carbocycles. The molecule has 0 aliphatic rings. The van der Waals surface area contributed by atoms with Crippen LogP contribution in [0.5, 0.6) is 0 Å². The SMILES string of the molecule is CCNc1nc(-c2cc(Br)c(Br)o2)nc(C)c1C(C)C. The van der Waals surface area contributed by atoms with E-state index in [2.05, 4.69) is 67.9 Å². The number of hydrogen-bond acceptors (Lipinski definition) is 4. The second kappa shape index (κ2) is 6.26. The first kappa shape index (κ1) is 15.5. The van der Waals surface area contributed by atoms with Gasteiger partial charge in [0.05, 0.1) is 4.47 Å². The Morgan fingerprint density at radius 3 is 2.50 bits per heavy atom. The first-order valence-electron chi connectivity index (χ1n) is 6.51. The molecular formula is C14H17Br2N3O. The van der Waals surface area contributed by atoms with Crippen LogP contribution >= 0.6 is 31.9 Å². The van der Waals surface area contributed by atoms with Gasteiger partial charge in [0.1, 0.15) is 5.82 Å². The van der Waals surface area contributed by atoms with E-state index in [1.54, 1.807) is 0 Å². The summed E-state index contributed by atoms with van der Waals surface area (Å²) in [5.74, 6) is 2.48. The quantitative estimate of drug-likeness (QED) is 0.770. The Morgan fingerprint density at radius 1 is 1.30 bits per heavy atom. The average Bonchev–Trinajstić information content (AvgIpc) is 2.69. The van der Waals surface area contributed by atoms with Gasteiger partial charge in [-0.2, -0.15) is 0 Å². The van der Waals surface area contributed by atoms with Crippen LogP contribution in [0, 0.1) is 6.92 Å². The van der Waals surface area contributed by atoms with E-state index in [0.717, 1.165) is 28.1 Å². The molecule has 4 nitrogen and oxygen atoms in total. The Kier molecular flexibility index (Phi) is 4.86. The lowest BCUT2D eigenvalue weighted by Gasteiger charge is -2.16. The topological polar surface area (TPSA) is 51.0 Å². The summed E-state index contributed by atoms with van der Waals surface area (Å²) in [5.41, 5.74) is 2.13. The second-order valence-corrected chi connectivity index (χ2v) is 6.39. The van der Waals surface area contributed by atoms with Gasteiger partial charge >= 0.3 is 0 Å². The molecule has 2 aromatic heterocycles. The van der Waals surface area contributed by atoms with Gasteiger partial charge in [0.25, 0.3) is 0 Å². The summed E-state index contributed by atoms with van der Waals surface area (Å²) in [5, 5.41) is 3.31. The molecule has 0 radical (unpaired) electrons. The van der Waals surface area contributed by atoms with E-state index in [-0.39, 0.29) is 0 Å². The molecule has 2 heterocycles. The Morgan fingerprint density at radius 2 is 2.00 bits per heavy atom. The van der Waals surface area contributed by atoms with Gasteiger partial charge in [-0.15, -0.1) is 0 Å². The number of nitrogens with zero attached hydrogens (tertiary/aromatic N) is 2. The minimum absolute atomic E-state index is 0.369. The van der Waals surface area contributed by atoms with Crippen molar-refractivity contribution in [3.63, 3.8) is 0 Å². The molecule has 0 atom stereocenters. The molecule has 0 aliphatic carbocycles. The predicted octanol–water partition coefficient (Wildman–Crippen LogP) is 5.13. The van der Waals surface area contributed by atoms with Crippen LogP contribution in [0.4, 0.5) is 5.82 Å². The molecule has 0 bridgehead atoms. The number of rotatable bonds is 4. The number of anilines is 1. The highest BCUT2D eigenvalue weighted by Gasteiger charge is 2.18. The van der Waals surface area contributed by atoms with Crippen molar-refractivity contribution in [1.82, 2.24) is 9.97 Å². The Balaban J connectivity index is 2.56. The molecule has 0 unspecified atom stereocenters. The maximum absolute atomic E-state index is 5.61. The third kappa shape index (κ3) is 3.06.